The predicted molar refractivity (Wildman–Crippen MR) is 118 cm³/mol. The molecule has 1 rings (SSSR count). The number of hydrogen-bond donors (Lipinski definition) is 1. The fraction of sp³-hybridized carbons (Fsp3) is 0.727. The molecule has 2 N–H and O–H groups in total. The summed E-state index contributed by atoms with van der Waals surface area (Å²) in [6.45, 7) is 26.6. The van der Waals surface area contributed by atoms with Crippen LogP contribution in [0.3, 0.4) is 0 Å². The van der Waals surface area contributed by atoms with Crippen LogP contribution in [0.25, 0.3) is 0 Å². The molecule has 0 aromatic carbocycles. The van der Waals surface area contributed by atoms with Gasteiger partial charge in [-0.05, 0) is 25.5 Å². The molecular weight excluding hydrogens is 292 g/mol. The summed E-state index contributed by atoms with van der Waals surface area (Å²) >= 11 is 0. The summed E-state index contributed by atoms with van der Waals surface area (Å²) in [5, 5.41) is 0. The summed E-state index contributed by atoms with van der Waals surface area (Å²) in [7, 11) is 2.11. The third kappa shape index (κ3) is 21.0. The van der Waals surface area contributed by atoms with E-state index in [4.69, 9.17) is 5.73 Å². The van der Waals surface area contributed by atoms with Gasteiger partial charge in [-0.25, -0.2) is 0 Å². The van der Waals surface area contributed by atoms with Gasteiger partial charge in [-0.1, -0.05) is 81.7 Å². The van der Waals surface area contributed by atoms with Gasteiger partial charge in [0.25, 0.3) is 0 Å². The Balaban J connectivity index is -0.0000000840. The van der Waals surface area contributed by atoms with E-state index in [9.17, 15) is 0 Å². The van der Waals surface area contributed by atoms with Crippen LogP contribution in [0.1, 0.15) is 99.9 Å². The van der Waals surface area contributed by atoms with Crippen LogP contribution in [-0.2, 0) is 13.5 Å². The van der Waals surface area contributed by atoms with Crippen LogP contribution in [0.5, 0.6) is 0 Å². The maximum absolute atomic E-state index is 5.61. The normalized spacial score (nSPS) is 8.71. The van der Waals surface area contributed by atoms with Gasteiger partial charge in [0.2, 0.25) is 0 Å². The molecule has 0 spiro atoms. The first-order valence-corrected chi connectivity index (χ1v) is 9.95. The van der Waals surface area contributed by atoms with Crippen molar-refractivity contribution in [1.29, 1.82) is 0 Å². The van der Waals surface area contributed by atoms with E-state index in [1.807, 2.05) is 48.5 Å². The summed E-state index contributed by atoms with van der Waals surface area (Å²) in [5.41, 5.74) is 8.33. The smallest absolute Gasteiger partial charge is 0.0215 e. The molecular formula is C22H50N2. The Morgan fingerprint density at radius 1 is 1.04 bits per heavy atom. The van der Waals surface area contributed by atoms with Crippen LogP contribution in [-0.4, -0.2) is 11.1 Å². The molecule has 1 aromatic rings. The number of hydrogen-bond acceptors (Lipinski definition) is 1. The zero-order chi connectivity index (χ0) is 20.6. The molecule has 1 unspecified atom stereocenters. The topological polar surface area (TPSA) is 30.9 Å². The number of aryl methyl sites for hydroxylation is 1. The number of aromatic nitrogens is 1. The van der Waals surface area contributed by atoms with Gasteiger partial charge in [0.1, 0.15) is 0 Å². The minimum atomic E-state index is 0.468. The van der Waals surface area contributed by atoms with Crippen molar-refractivity contribution in [2.45, 2.75) is 94.9 Å². The van der Waals surface area contributed by atoms with E-state index >= 15 is 0 Å². The highest BCUT2D eigenvalue weighted by molar-refractivity contribution is 5.19. The highest BCUT2D eigenvalue weighted by atomic mass is 15.0. The Labute approximate surface area is 155 Å². The van der Waals surface area contributed by atoms with Crippen molar-refractivity contribution in [2.75, 3.05) is 6.54 Å². The van der Waals surface area contributed by atoms with Gasteiger partial charge in [-0.15, -0.1) is 6.58 Å². The van der Waals surface area contributed by atoms with E-state index in [1.165, 1.54) is 17.8 Å². The zero-order valence-corrected chi connectivity index (χ0v) is 19.2. The second-order valence-electron chi connectivity index (χ2n) is 4.41. The molecule has 2 nitrogen and oxygen atoms in total. The highest BCUT2D eigenvalue weighted by Crippen LogP contribution is 2.16. The van der Waals surface area contributed by atoms with E-state index in [0.717, 1.165) is 13.0 Å². The largest absolute Gasteiger partial charge is 0.351 e. The van der Waals surface area contributed by atoms with Gasteiger partial charge in [0.05, 0.1) is 0 Å². The van der Waals surface area contributed by atoms with Crippen LogP contribution >= 0.6 is 0 Å². The second kappa shape index (κ2) is 33.6. The van der Waals surface area contributed by atoms with Gasteiger partial charge in [-0.2, -0.15) is 0 Å². The van der Waals surface area contributed by atoms with Crippen LogP contribution in [0.4, 0.5) is 0 Å². The molecule has 0 amide bonds. The lowest BCUT2D eigenvalue weighted by molar-refractivity contribution is 0.677. The van der Waals surface area contributed by atoms with E-state index in [-0.39, 0.29) is 0 Å². The van der Waals surface area contributed by atoms with Gasteiger partial charge >= 0.3 is 0 Å². The molecule has 24 heavy (non-hydrogen) atoms. The quantitative estimate of drug-likeness (QED) is 0.572. The van der Waals surface area contributed by atoms with Crippen molar-refractivity contribution >= 4 is 0 Å². The monoisotopic (exact) mass is 342 g/mol. The van der Waals surface area contributed by atoms with Gasteiger partial charge in [-0.3, -0.25) is 0 Å². The first kappa shape index (κ1) is 34.3. The van der Waals surface area contributed by atoms with E-state index in [2.05, 4.69) is 58.0 Å². The molecule has 148 valence electrons. The predicted octanol–water partition coefficient (Wildman–Crippen LogP) is 7.34. The lowest BCUT2D eigenvalue weighted by Gasteiger charge is -2.11. The third-order valence-electron chi connectivity index (χ3n) is 2.49. The second-order valence-corrected chi connectivity index (χ2v) is 4.41. The third-order valence-corrected chi connectivity index (χ3v) is 2.49. The van der Waals surface area contributed by atoms with Gasteiger partial charge in [0.15, 0.2) is 0 Å². The lowest BCUT2D eigenvalue weighted by atomic mass is 10.1. The van der Waals surface area contributed by atoms with Crippen LogP contribution in [0, 0.1) is 0 Å². The molecule has 2 heteroatoms. The standard InChI is InChI=1S/C10H18N2.C3H8.C3H6.3C2H6/c1-4-9-5-6-10(12(9)3)8(2)7-11;2*1-3-2;3*1-2/h5-6,8H,4,7,11H2,1-3H3;3H2,1-2H3;3H,1H2,2H3;3*1-2H3. The molecule has 1 heterocycles. The van der Waals surface area contributed by atoms with E-state index in [0.29, 0.717) is 5.92 Å². The fourth-order valence-electron chi connectivity index (χ4n) is 1.54. The lowest BCUT2D eigenvalue weighted by Crippen LogP contribution is -2.12. The zero-order valence-electron chi connectivity index (χ0n) is 19.2. The average molecular weight is 343 g/mol. The van der Waals surface area contributed by atoms with Gasteiger partial charge < -0.3 is 10.3 Å². The molecule has 0 bridgehead atoms. The van der Waals surface area contributed by atoms with Crippen molar-refractivity contribution in [3.05, 3.63) is 36.2 Å². The molecule has 0 aliphatic rings. The summed E-state index contributed by atoms with van der Waals surface area (Å²) in [4.78, 5) is 0. The summed E-state index contributed by atoms with van der Waals surface area (Å²) < 4.78 is 2.25. The Morgan fingerprint density at radius 3 is 1.58 bits per heavy atom. The Kier molecular flexibility index (Phi) is 48.0. The van der Waals surface area contributed by atoms with Crippen LogP contribution < -0.4 is 5.73 Å². The number of nitrogens with two attached hydrogens (primary N) is 1. The molecule has 1 atom stereocenters. The van der Waals surface area contributed by atoms with Crippen molar-refractivity contribution in [3.8, 4) is 0 Å². The van der Waals surface area contributed by atoms with Crippen molar-refractivity contribution in [1.82, 2.24) is 4.57 Å². The SMILES string of the molecule is C=CC.CC.CC.CC.CCC.CCc1ccc(C(C)CN)n1C. The maximum atomic E-state index is 5.61. The molecule has 0 radical (unpaired) electrons. The molecule has 0 fully saturated rings. The molecule has 0 aliphatic heterocycles. The molecule has 0 aliphatic carbocycles. The van der Waals surface area contributed by atoms with Crippen LogP contribution in [0.2, 0.25) is 0 Å². The highest BCUT2D eigenvalue weighted by Gasteiger charge is 2.08. The minimum absolute atomic E-state index is 0.468. The molecule has 0 saturated heterocycles. The van der Waals surface area contributed by atoms with Crippen molar-refractivity contribution in [3.63, 3.8) is 0 Å². The maximum Gasteiger partial charge on any atom is 0.0215 e. The first-order valence-electron chi connectivity index (χ1n) is 9.95. The Hall–Kier alpha value is -1.02. The minimum Gasteiger partial charge on any atom is -0.351 e. The Bertz CT molecular complexity index is 301. The summed E-state index contributed by atoms with van der Waals surface area (Å²) in [5.74, 6) is 0.468. The fourth-order valence-corrected chi connectivity index (χ4v) is 1.54. The van der Waals surface area contributed by atoms with E-state index in [1.54, 1.807) is 6.08 Å². The van der Waals surface area contributed by atoms with E-state index < -0.39 is 0 Å². The average Bonchev–Trinajstić information content (AvgIpc) is 3.01. The van der Waals surface area contributed by atoms with Gasteiger partial charge in [0, 0.05) is 30.9 Å². The summed E-state index contributed by atoms with van der Waals surface area (Å²) in [6.07, 6.45) is 4.09. The van der Waals surface area contributed by atoms with Crippen molar-refractivity contribution in [2.24, 2.45) is 12.8 Å². The molecule has 0 saturated carbocycles. The van der Waals surface area contributed by atoms with Crippen molar-refractivity contribution < 1.29 is 0 Å². The van der Waals surface area contributed by atoms with Crippen LogP contribution in [0.15, 0.2) is 24.8 Å². The number of nitrogens with zero attached hydrogens (tertiary/aromatic N) is 1. The first-order chi connectivity index (χ1) is 11.5. The number of rotatable bonds is 3. The Morgan fingerprint density at radius 2 is 1.38 bits per heavy atom. The molecule has 1 aromatic heterocycles. The number of allylic oxidation sites excluding steroid dienone is 1. The summed E-state index contributed by atoms with van der Waals surface area (Å²) in [6, 6.07) is 4.36.